The van der Waals surface area contributed by atoms with Crippen molar-refractivity contribution in [3.8, 4) is 23.3 Å². The van der Waals surface area contributed by atoms with Gasteiger partial charge in [0, 0.05) is 27.2 Å². The first-order chi connectivity index (χ1) is 50.3. The quantitative estimate of drug-likeness (QED) is 0.0676. The van der Waals surface area contributed by atoms with Crippen LogP contribution in [0.4, 0.5) is 0 Å². The topological polar surface area (TPSA) is 241 Å². The molecule has 0 saturated heterocycles. The minimum atomic E-state index is -2.59. The molecular formula is C85H82N4O14S2. The Hall–Kier alpha value is -9.77. The van der Waals surface area contributed by atoms with Crippen molar-refractivity contribution in [1.29, 1.82) is 0 Å². The highest BCUT2D eigenvalue weighted by atomic mass is 32.2. The second kappa shape index (κ2) is 28.9. The van der Waals surface area contributed by atoms with Gasteiger partial charge in [-0.15, -0.1) is 23.5 Å². The molecule has 18 nitrogen and oxygen atoms in total. The van der Waals surface area contributed by atoms with Gasteiger partial charge in [0.15, 0.2) is 40.1 Å². The Kier molecular flexibility index (Phi) is 19.9. The van der Waals surface area contributed by atoms with E-state index in [1.807, 2.05) is 251 Å². The van der Waals surface area contributed by atoms with Crippen molar-refractivity contribution in [2.75, 3.05) is 28.2 Å². The predicted molar refractivity (Wildman–Crippen MR) is 397 cm³/mol. The summed E-state index contributed by atoms with van der Waals surface area (Å²) < 4.78 is 32.9. The van der Waals surface area contributed by atoms with Gasteiger partial charge in [-0.3, -0.25) is 33.8 Å². The zero-order chi connectivity index (χ0) is 72.4. The van der Waals surface area contributed by atoms with Gasteiger partial charge in [0.2, 0.25) is 11.6 Å². The number of ether oxygens (including phenoxy) is 4. The molecule has 105 heavy (non-hydrogen) atoms. The Morgan fingerprint density at radius 3 is 1.28 bits per heavy atom. The van der Waals surface area contributed by atoms with E-state index < -0.39 is 91.5 Å². The molecule has 13 atom stereocenters. The fourth-order valence-electron chi connectivity index (χ4n) is 17.1. The van der Waals surface area contributed by atoms with Crippen molar-refractivity contribution in [3.63, 3.8) is 0 Å². The first-order valence-electron chi connectivity index (χ1n) is 34.9. The van der Waals surface area contributed by atoms with Crippen LogP contribution in [-0.4, -0.2) is 113 Å². The van der Waals surface area contributed by atoms with Gasteiger partial charge in [-0.1, -0.05) is 203 Å². The molecule has 2 aromatic heterocycles. The van der Waals surface area contributed by atoms with Gasteiger partial charge < -0.3 is 43.3 Å². The van der Waals surface area contributed by atoms with E-state index in [0.717, 1.165) is 50.0 Å². The summed E-state index contributed by atoms with van der Waals surface area (Å²) in [4.78, 5) is 81.6. The van der Waals surface area contributed by atoms with Crippen LogP contribution < -0.4 is 18.9 Å². The molecule has 538 valence electrons. The van der Waals surface area contributed by atoms with Crippen LogP contribution in [0.5, 0.6) is 23.3 Å². The van der Waals surface area contributed by atoms with Crippen molar-refractivity contribution < 1.29 is 67.3 Å². The second-order valence-electron chi connectivity index (χ2n) is 28.3. The van der Waals surface area contributed by atoms with E-state index in [9.17, 15) is 24.9 Å². The lowest BCUT2D eigenvalue weighted by Gasteiger charge is -2.59. The Morgan fingerprint density at radius 2 is 0.819 bits per heavy atom. The lowest BCUT2D eigenvalue weighted by atomic mass is 9.51. The summed E-state index contributed by atoms with van der Waals surface area (Å²) in [6.45, 7) is 4.73. The van der Waals surface area contributed by atoms with Gasteiger partial charge in [-0.05, 0) is 145 Å². The van der Waals surface area contributed by atoms with Crippen LogP contribution >= 0.6 is 23.5 Å². The largest absolute Gasteiger partial charge is 0.489 e. The highest BCUT2D eigenvalue weighted by Crippen LogP contribution is 2.68. The number of carbonyl (C=O) groups is 5. The highest BCUT2D eigenvalue weighted by molar-refractivity contribution is 8.02. The second-order valence-corrected chi connectivity index (χ2v) is 30.9. The lowest BCUT2D eigenvalue weighted by molar-refractivity contribution is -0.160. The predicted octanol–water partition coefficient (Wildman–Crippen LogP) is 14.7. The molecule has 2 heterocycles. The maximum Gasteiger partial charge on any atom is 0.265 e. The molecule has 0 spiro atoms. The van der Waals surface area contributed by atoms with Crippen LogP contribution in [0.15, 0.2) is 237 Å². The maximum atomic E-state index is 15.7. The Bertz CT molecular complexity index is 4870. The summed E-state index contributed by atoms with van der Waals surface area (Å²) in [6, 6.07) is 66.6. The highest BCUT2D eigenvalue weighted by Gasteiger charge is 2.76. The van der Waals surface area contributed by atoms with Gasteiger partial charge >= 0.3 is 0 Å². The molecule has 0 aliphatic heterocycles. The van der Waals surface area contributed by atoms with E-state index in [0.29, 0.717) is 27.5 Å². The molecular weight excluding hydrogens is 1370 g/mol. The number of nitrogens with zero attached hydrogens (tertiary/aromatic N) is 4. The van der Waals surface area contributed by atoms with E-state index >= 15 is 14.4 Å². The number of aromatic nitrogens is 2. The number of ketones is 5. The molecule has 6 aliphatic carbocycles. The SMILES string of the molecule is C.C[C@H]1c2cccc(OCc3ccccc3)c2C(=O)[C@@]2(Sc3ccccc3)C(=O)[C@]3(O)C(=O)c4c(OCc5ccccc5)noc4[C@@H](N(C)C)[C@@H]3C[C@@H]12.C[C@H]1c2cccc(OCc3ccccc3)c2[C@@H](O)[C@@]2(Sc3ccccc3)C(=O)[C@]3(O)C(=O)c4c(OCc5ccccc5)noc4[C@@H](N(C)C)[C@@H]3C[C@@H]12. The van der Waals surface area contributed by atoms with Crippen LogP contribution in [0.3, 0.4) is 0 Å². The molecule has 6 aliphatic rings. The zero-order valence-corrected chi connectivity index (χ0v) is 59.8. The molecule has 2 fully saturated rings. The standard InChI is InChI=1S/C42H40N2O7S.C42H38N2O7S.CH4/c2*1-25-29-20-13-21-32(49-23-26-14-7-4-8-15-26)33(29)38(46)42(52-28-18-11-6-12-19-28)30(25)22-31-35(44(2)3)36-34(37(45)41(31,48)40(42)47)39(43-51-36)50-24-27-16-9-5-10-17-27;/h4-21,25,30-31,35,38,46,48H,22-24H2,1-3H3;4-21,25,30-31,35,48H,22-24H2,1-3H3;1H4/t25-,30-,31-,35-,38+,41+,42+;25-,30-,31-,35-,41+,42+;/m00./s1. The number of aliphatic hydroxyl groups is 3. The molecule has 2 saturated carbocycles. The molecule has 0 radical (unpaired) electrons. The van der Waals surface area contributed by atoms with E-state index in [2.05, 4.69) is 17.2 Å². The number of hydrogen-bond donors (Lipinski definition) is 3. The summed E-state index contributed by atoms with van der Waals surface area (Å²) in [7, 11) is 7.27. The van der Waals surface area contributed by atoms with E-state index in [4.69, 9.17) is 28.0 Å². The summed E-state index contributed by atoms with van der Waals surface area (Å²) >= 11 is 2.33. The summed E-state index contributed by atoms with van der Waals surface area (Å²) in [6.07, 6.45) is -1.01. The normalized spacial score (nSPS) is 26.7. The third kappa shape index (κ3) is 12.0. The molecule has 8 aromatic carbocycles. The van der Waals surface area contributed by atoms with Gasteiger partial charge in [0.25, 0.3) is 11.8 Å². The number of carbonyl (C=O) groups excluding carboxylic acids is 5. The lowest BCUT2D eigenvalue weighted by Crippen LogP contribution is -2.72. The minimum absolute atomic E-state index is 0. The number of thioether (sulfide) groups is 2. The third-order valence-corrected chi connectivity index (χ3v) is 25.1. The van der Waals surface area contributed by atoms with Crippen molar-refractivity contribution in [1.82, 2.24) is 20.1 Å². The van der Waals surface area contributed by atoms with Crippen LogP contribution in [-0.2, 0) is 36.0 Å². The molecule has 3 N–H and O–H groups in total. The maximum absolute atomic E-state index is 15.7. The fraction of sp³-hybridized carbons (Fsp3) is 0.306. The molecule has 0 bridgehead atoms. The molecule has 10 aromatic rings. The van der Waals surface area contributed by atoms with Gasteiger partial charge in [-0.25, -0.2) is 0 Å². The van der Waals surface area contributed by atoms with Crippen LogP contribution in [0.25, 0.3) is 0 Å². The van der Waals surface area contributed by atoms with Crippen LogP contribution in [0.1, 0.15) is 146 Å². The number of aliphatic hydroxyl groups excluding tert-OH is 1. The first kappa shape index (κ1) is 72.2. The van der Waals surface area contributed by atoms with Gasteiger partial charge in [-0.2, -0.15) is 0 Å². The van der Waals surface area contributed by atoms with Gasteiger partial charge in [0.05, 0.1) is 17.6 Å². The molecule has 20 heteroatoms. The zero-order valence-electron chi connectivity index (χ0n) is 58.2. The van der Waals surface area contributed by atoms with Crippen molar-refractivity contribution >= 4 is 52.4 Å². The smallest absolute Gasteiger partial charge is 0.265 e. The number of hydrogen-bond acceptors (Lipinski definition) is 20. The number of fused-ring (bicyclic) bond motifs is 8. The monoisotopic (exact) mass is 1450 g/mol. The van der Waals surface area contributed by atoms with E-state index in [1.165, 1.54) is 11.8 Å². The molecule has 0 unspecified atom stereocenters. The summed E-state index contributed by atoms with van der Waals surface area (Å²) in [5, 5.41) is 47.0. The first-order valence-corrected chi connectivity index (χ1v) is 36.5. The van der Waals surface area contributed by atoms with E-state index in [-0.39, 0.29) is 92.9 Å². The summed E-state index contributed by atoms with van der Waals surface area (Å²) in [5.41, 5.74) is 0.725. The summed E-state index contributed by atoms with van der Waals surface area (Å²) in [5.74, 6) is -6.15. The van der Waals surface area contributed by atoms with Crippen molar-refractivity contribution in [2.45, 2.75) is 121 Å². The minimum Gasteiger partial charge on any atom is -0.489 e. The average molecular weight is 1450 g/mol. The number of benzene rings is 8. The van der Waals surface area contributed by atoms with Crippen LogP contribution in [0, 0.1) is 23.7 Å². The average Bonchev–Trinajstić information content (AvgIpc) is 1.64. The Labute approximate surface area is 618 Å². The van der Waals surface area contributed by atoms with E-state index in [1.54, 1.807) is 12.1 Å². The molecule has 0 amide bonds. The fourth-order valence-corrected chi connectivity index (χ4v) is 20.3. The van der Waals surface area contributed by atoms with Crippen LogP contribution in [0.2, 0.25) is 0 Å². The number of rotatable bonds is 18. The van der Waals surface area contributed by atoms with Crippen molar-refractivity contribution in [3.05, 3.63) is 286 Å². The Morgan fingerprint density at radius 1 is 0.438 bits per heavy atom. The number of Topliss-reactive ketones (excluding diaryl/α,β-unsaturated/α-hetero) is 5. The Balaban J connectivity index is 0.000000175. The third-order valence-electron chi connectivity index (χ3n) is 22.0. The van der Waals surface area contributed by atoms with Crippen molar-refractivity contribution in [2.24, 2.45) is 23.7 Å². The molecule has 16 rings (SSSR count). The van der Waals surface area contributed by atoms with Gasteiger partial charge in [0.1, 0.15) is 64.7 Å².